The van der Waals surface area contributed by atoms with Crippen molar-refractivity contribution in [3.63, 3.8) is 0 Å². The van der Waals surface area contributed by atoms with Crippen LogP contribution in [0.2, 0.25) is 0 Å². The highest BCUT2D eigenvalue weighted by atomic mass is 16.3. The molecule has 0 aliphatic carbocycles. The van der Waals surface area contributed by atoms with E-state index in [2.05, 4.69) is 31.6 Å². The summed E-state index contributed by atoms with van der Waals surface area (Å²) in [7, 11) is 0. The quantitative estimate of drug-likeness (QED) is 0.117. The smallest absolute Gasteiger partial charge is 0.199 e. The number of fused-ring (bicyclic) bond motifs is 1. The molecular weight excluding hydrogens is 450 g/mol. The second-order valence-electron chi connectivity index (χ2n) is 8.46. The lowest BCUT2D eigenvalue weighted by Crippen LogP contribution is -2.22. The Morgan fingerprint density at radius 2 is 1.67 bits per heavy atom. The molecule has 0 unspecified atom stereocenters. The zero-order chi connectivity index (χ0) is 24.7. The molecule has 0 radical (unpaired) electrons. The highest BCUT2D eigenvalue weighted by Crippen LogP contribution is 2.22. The first-order chi connectivity index (χ1) is 17.6. The summed E-state index contributed by atoms with van der Waals surface area (Å²) in [4.78, 5) is 8.91. The normalized spacial score (nSPS) is 11.6. The molecule has 36 heavy (non-hydrogen) atoms. The van der Waals surface area contributed by atoms with Crippen LogP contribution in [-0.4, -0.2) is 21.1 Å². The summed E-state index contributed by atoms with van der Waals surface area (Å²) < 4.78 is 5.82. The number of aromatic nitrogens is 3. The minimum Gasteiger partial charge on any atom is -0.441 e. The molecule has 0 aliphatic heterocycles. The zero-order valence-electron chi connectivity index (χ0n) is 19.8. The molecule has 8 heteroatoms. The van der Waals surface area contributed by atoms with Crippen LogP contribution in [-0.2, 0) is 12.8 Å². The van der Waals surface area contributed by atoms with Crippen LogP contribution in [0.5, 0.6) is 0 Å². The van der Waals surface area contributed by atoms with E-state index in [0.717, 1.165) is 65.2 Å². The van der Waals surface area contributed by atoms with Crippen LogP contribution < -0.4 is 16.8 Å². The van der Waals surface area contributed by atoms with Crippen LogP contribution in [0.25, 0.3) is 22.4 Å². The van der Waals surface area contributed by atoms with Crippen molar-refractivity contribution >= 4 is 34.3 Å². The summed E-state index contributed by atoms with van der Waals surface area (Å²) in [6.07, 6.45) is 3.58. The fourth-order valence-electron chi connectivity index (χ4n) is 3.98. The Kier molecular flexibility index (Phi) is 6.84. The van der Waals surface area contributed by atoms with Gasteiger partial charge in [0.15, 0.2) is 23.3 Å². The third-order valence-electron chi connectivity index (χ3n) is 5.78. The molecule has 180 valence electrons. The number of aliphatic imine (C=N–C) groups is 1. The average molecular weight is 478 g/mol. The molecule has 0 aliphatic rings. The van der Waals surface area contributed by atoms with Gasteiger partial charge < -0.3 is 21.2 Å². The van der Waals surface area contributed by atoms with Gasteiger partial charge in [-0.05, 0) is 55.2 Å². The highest BCUT2D eigenvalue weighted by molar-refractivity contribution is 5.94. The third-order valence-corrected chi connectivity index (χ3v) is 5.78. The Labute approximate surface area is 209 Å². The van der Waals surface area contributed by atoms with E-state index in [-0.39, 0.29) is 5.96 Å². The van der Waals surface area contributed by atoms with E-state index in [1.165, 1.54) is 0 Å². The summed E-state index contributed by atoms with van der Waals surface area (Å²) >= 11 is 0. The second-order valence-corrected chi connectivity index (χ2v) is 8.46. The number of nitrogen functional groups attached to an aromatic ring is 1. The summed E-state index contributed by atoms with van der Waals surface area (Å²) in [5.41, 5.74) is 18.1. The van der Waals surface area contributed by atoms with Crippen molar-refractivity contribution in [1.29, 1.82) is 0 Å². The van der Waals surface area contributed by atoms with Crippen molar-refractivity contribution in [3.8, 4) is 11.3 Å². The SMILES string of the molecule is NC(=Nc1ccc(-c2ccccc2)nn1)Nc1ccccc1CCCCc1nc2ccc(N)cc2o1. The van der Waals surface area contributed by atoms with Gasteiger partial charge in [0.1, 0.15) is 5.52 Å². The first-order valence-corrected chi connectivity index (χ1v) is 11.9. The van der Waals surface area contributed by atoms with E-state index in [4.69, 9.17) is 15.9 Å². The van der Waals surface area contributed by atoms with Crippen molar-refractivity contribution in [2.24, 2.45) is 10.7 Å². The van der Waals surface area contributed by atoms with E-state index >= 15 is 0 Å². The largest absolute Gasteiger partial charge is 0.441 e. The molecule has 0 saturated heterocycles. The third kappa shape index (κ3) is 5.67. The van der Waals surface area contributed by atoms with Gasteiger partial charge in [-0.3, -0.25) is 0 Å². The Morgan fingerprint density at radius 1 is 0.861 bits per heavy atom. The maximum absolute atomic E-state index is 6.18. The number of anilines is 2. The van der Waals surface area contributed by atoms with Crippen LogP contribution in [0.4, 0.5) is 17.2 Å². The lowest BCUT2D eigenvalue weighted by Gasteiger charge is -2.11. The molecule has 0 atom stereocenters. The topological polar surface area (TPSA) is 128 Å². The van der Waals surface area contributed by atoms with Crippen molar-refractivity contribution in [3.05, 3.63) is 96.4 Å². The standard InChI is InChI=1S/C28H27N7O/c29-21-14-15-24-25(18-21)36-27(31-24)13-7-5-11-19-10-4-6-12-22(19)32-28(30)33-26-17-16-23(34-35-26)20-8-2-1-3-9-20/h1-4,6,8-10,12,14-18H,5,7,11,13,29H2,(H3,30,32,33,35). The molecule has 0 spiro atoms. The Bertz CT molecular complexity index is 1480. The molecule has 2 heterocycles. The van der Waals surface area contributed by atoms with Gasteiger partial charge in [0.2, 0.25) is 0 Å². The number of benzene rings is 3. The van der Waals surface area contributed by atoms with E-state index in [1.54, 1.807) is 6.07 Å². The van der Waals surface area contributed by atoms with Gasteiger partial charge in [-0.1, -0.05) is 48.5 Å². The van der Waals surface area contributed by atoms with Crippen LogP contribution >= 0.6 is 0 Å². The van der Waals surface area contributed by atoms with Crippen molar-refractivity contribution < 1.29 is 4.42 Å². The lowest BCUT2D eigenvalue weighted by atomic mass is 10.1. The Hall–Kier alpha value is -4.72. The number of rotatable bonds is 8. The fourth-order valence-corrected chi connectivity index (χ4v) is 3.98. The molecule has 5 aromatic rings. The van der Waals surface area contributed by atoms with E-state index in [9.17, 15) is 0 Å². The minimum atomic E-state index is 0.259. The fraction of sp³-hybridized carbons (Fsp3) is 0.143. The number of aryl methyl sites for hydroxylation is 2. The molecule has 0 bridgehead atoms. The minimum absolute atomic E-state index is 0.259. The van der Waals surface area contributed by atoms with Gasteiger partial charge in [0.05, 0.1) is 5.69 Å². The summed E-state index contributed by atoms with van der Waals surface area (Å²) in [5, 5.41) is 11.7. The number of hydrogen-bond acceptors (Lipinski definition) is 6. The number of oxazole rings is 1. The molecule has 2 aromatic heterocycles. The Balaban J connectivity index is 1.17. The molecule has 0 saturated carbocycles. The van der Waals surface area contributed by atoms with Crippen molar-refractivity contribution in [1.82, 2.24) is 15.2 Å². The van der Waals surface area contributed by atoms with Gasteiger partial charge in [0, 0.05) is 29.4 Å². The highest BCUT2D eigenvalue weighted by Gasteiger charge is 2.08. The predicted molar refractivity (Wildman–Crippen MR) is 144 cm³/mol. The van der Waals surface area contributed by atoms with Gasteiger partial charge in [0.25, 0.3) is 0 Å². The number of nitrogens with zero attached hydrogens (tertiary/aromatic N) is 4. The summed E-state index contributed by atoms with van der Waals surface area (Å²) in [6, 6.07) is 27.2. The number of nitrogens with one attached hydrogen (secondary N) is 1. The van der Waals surface area contributed by atoms with Crippen LogP contribution in [0.3, 0.4) is 0 Å². The number of para-hydroxylation sites is 1. The summed E-state index contributed by atoms with van der Waals surface area (Å²) in [6.45, 7) is 0. The first kappa shape index (κ1) is 23.0. The summed E-state index contributed by atoms with van der Waals surface area (Å²) in [5.74, 6) is 1.44. The lowest BCUT2D eigenvalue weighted by molar-refractivity contribution is 0.514. The molecule has 5 N–H and O–H groups in total. The van der Waals surface area contributed by atoms with Gasteiger partial charge in [-0.15, -0.1) is 10.2 Å². The predicted octanol–water partition coefficient (Wildman–Crippen LogP) is 5.49. The van der Waals surface area contributed by atoms with Crippen molar-refractivity contribution in [2.75, 3.05) is 11.1 Å². The molecule has 0 amide bonds. The van der Waals surface area contributed by atoms with E-state index in [0.29, 0.717) is 11.5 Å². The molecule has 3 aromatic carbocycles. The maximum Gasteiger partial charge on any atom is 0.199 e. The molecule has 0 fully saturated rings. The van der Waals surface area contributed by atoms with Gasteiger partial charge in [-0.2, -0.15) is 4.99 Å². The second kappa shape index (κ2) is 10.7. The van der Waals surface area contributed by atoms with Crippen LogP contribution in [0.15, 0.2) is 94.3 Å². The monoisotopic (exact) mass is 477 g/mol. The van der Waals surface area contributed by atoms with Crippen LogP contribution in [0.1, 0.15) is 24.3 Å². The molecule has 8 nitrogen and oxygen atoms in total. The van der Waals surface area contributed by atoms with Crippen LogP contribution in [0, 0.1) is 0 Å². The number of unbranched alkanes of at least 4 members (excludes halogenated alkanes) is 1. The zero-order valence-corrected chi connectivity index (χ0v) is 19.8. The molecular formula is C28H27N7O. The average Bonchev–Trinajstić information content (AvgIpc) is 3.30. The Morgan fingerprint density at radius 3 is 2.50 bits per heavy atom. The van der Waals surface area contributed by atoms with E-state index in [1.807, 2.05) is 72.8 Å². The van der Waals surface area contributed by atoms with Crippen molar-refractivity contribution in [2.45, 2.75) is 25.7 Å². The number of hydrogen-bond donors (Lipinski definition) is 3. The number of nitrogens with two attached hydrogens (primary N) is 2. The van der Waals surface area contributed by atoms with Gasteiger partial charge in [-0.25, -0.2) is 4.98 Å². The van der Waals surface area contributed by atoms with Gasteiger partial charge >= 0.3 is 0 Å². The maximum atomic E-state index is 6.18. The number of guanidine groups is 1. The van der Waals surface area contributed by atoms with E-state index < -0.39 is 0 Å². The molecule has 5 rings (SSSR count). The first-order valence-electron chi connectivity index (χ1n) is 11.9.